The molecule has 0 aromatic rings. The van der Waals surface area contributed by atoms with Gasteiger partial charge >= 0.3 is 57.1 Å². The van der Waals surface area contributed by atoms with E-state index in [0.717, 1.165) is 0 Å². The summed E-state index contributed by atoms with van der Waals surface area (Å²) in [7, 11) is -11.4. The van der Waals surface area contributed by atoms with Crippen LogP contribution >= 0.6 is 10.3 Å². The van der Waals surface area contributed by atoms with E-state index in [-0.39, 0.29) is 25.7 Å². The van der Waals surface area contributed by atoms with E-state index in [0.29, 0.717) is 6.42 Å². The second kappa shape index (κ2) is 11.0. The Labute approximate surface area is 221 Å². The second-order valence-corrected chi connectivity index (χ2v) is 13.9. The molecule has 0 N–H and O–H groups in total. The lowest BCUT2D eigenvalue weighted by molar-refractivity contribution is -0.458. The van der Waals surface area contributed by atoms with Crippen molar-refractivity contribution in [3.05, 3.63) is 0 Å². The lowest BCUT2D eigenvalue weighted by atomic mass is 9.91. The Morgan fingerprint density at radius 1 is 0.659 bits per heavy atom. The third-order valence-electron chi connectivity index (χ3n) is 5.76. The highest BCUT2D eigenvalue weighted by molar-refractivity contribution is 8.33. The van der Waals surface area contributed by atoms with Crippen molar-refractivity contribution in [1.82, 2.24) is 0 Å². The average Bonchev–Trinajstić information content (AvgIpc) is 3.22. The highest BCUT2D eigenvalue weighted by Gasteiger charge is 2.96. The van der Waals surface area contributed by atoms with E-state index in [4.69, 9.17) is 0 Å². The topological polar surface area (TPSA) is 60.4 Å². The number of rotatable bonds is 14. The zero-order chi connectivity index (χ0) is 32.9. The van der Waals surface area contributed by atoms with Crippen molar-refractivity contribution in [2.75, 3.05) is 17.3 Å². The number of carbonyl (C=O) groups is 1. The van der Waals surface area contributed by atoms with Crippen LogP contribution in [0, 0.1) is 0 Å². The maximum atomic E-state index is 14.4. The van der Waals surface area contributed by atoms with Gasteiger partial charge in [-0.15, -0.1) is 10.3 Å². The Bertz CT molecular complexity index is 1060. The van der Waals surface area contributed by atoms with Crippen molar-refractivity contribution >= 4 is 26.2 Å². The fraction of sp³-hybridized carbons (Fsp3) is 0.944. The lowest BCUT2D eigenvalue weighted by Gasteiger charge is -2.43. The highest BCUT2D eigenvalue weighted by Crippen LogP contribution is 2.65. The molecule has 41 heavy (non-hydrogen) atoms. The number of halogens is 17. The van der Waals surface area contributed by atoms with Crippen LogP contribution in [0.1, 0.15) is 39.0 Å². The molecule has 1 heterocycles. The van der Waals surface area contributed by atoms with Gasteiger partial charge in [-0.3, -0.25) is 4.79 Å². The summed E-state index contributed by atoms with van der Waals surface area (Å²) in [6.45, 7) is 1.56. The average molecular weight is 686 g/mol. The molecule has 246 valence electrons. The molecule has 23 heteroatoms. The minimum atomic E-state index is -8.91. The number of hydrogen-bond donors (Lipinski definition) is 0. The second-order valence-electron chi connectivity index (χ2n) is 8.85. The molecule has 0 amide bonds. The van der Waals surface area contributed by atoms with Crippen LogP contribution in [0.15, 0.2) is 0 Å². The zero-order valence-corrected chi connectivity index (χ0v) is 21.7. The number of alkyl halides is 17. The van der Waals surface area contributed by atoms with Crippen molar-refractivity contribution in [1.29, 1.82) is 0 Å². The molecule has 4 nitrogen and oxygen atoms in total. The van der Waals surface area contributed by atoms with Crippen molar-refractivity contribution in [2.45, 2.75) is 86.0 Å². The van der Waals surface area contributed by atoms with Crippen LogP contribution in [0.25, 0.3) is 0 Å². The van der Waals surface area contributed by atoms with E-state index in [2.05, 4.69) is 3.63 Å². The van der Waals surface area contributed by atoms with Crippen LogP contribution in [0.5, 0.6) is 0 Å². The monoisotopic (exact) mass is 686 g/mol. The first-order valence-electron chi connectivity index (χ1n) is 10.8. The third kappa shape index (κ3) is 5.83. The Kier molecular flexibility index (Phi) is 10.2. The normalized spacial score (nSPS) is 19.4. The van der Waals surface area contributed by atoms with Crippen LogP contribution in [0.4, 0.5) is 74.6 Å². The highest BCUT2D eigenvalue weighted by atomic mass is 32.3. The van der Waals surface area contributed by atoms with E-state index < -0.39 is 90.4 Å². The van der Waals surface area contributed by atoms with Crippen LogP contribution in [-0.4, -0.2) is 78.4 Å². The Morgan fingerprint density at radius 3 is 1.39 bits per heavy atom. The number of ketones is 1. The summed E-state index contributed by atoms with van der Waals surface area (Å²) in [6, 6.07) is 0. The van der Waals surface area contributed by atoms with Gasteiger partial charge in [0.05, 0.1) is 5.75 Å². The molecule has 0 saturated carbocycles. The first-order chi connectivity index (χ1) is 17.9. The van der Waals surface area contributed by atoms with Crippen molar-refractivity contribution in [3.8, 4) is 0 Å². The molecule has 0 spiro atoms. The van der Waals surface area contributed by atoms with E-state index in [1.165, 1.54) is 0 Å². The summed E-state index contributed by atoms with van der Waals surface area (Å²) in [5.41, 5.74) is 0. The summed E-state index contributed by atoms with van der Waals surface area (Å²) in [6.07, 6.45) is -7.96. The van der Waals surface area contributed by atoms with Gasteiger partial charge in [0.25, 0.3) is 0 Å². The first-order valence-corrected chi connectivity index (χ1v) is 14.3. The Hall–Kier alpha value is -1.26. The van der Waals surface area contributed by atoms with E-state index in [1.807, 2.05) is 0 Å². The molecule has 1 saturated heterocycles. The molecular formula is C18H19F17O4S2. The van der Waals surface area contributed by atoms with Crippen molar-refractivity contribution in [3.63, 3.8) is 0 Å². The summed E-state index contributed by atoms with van der Waals surface area (Å²) in [5.74, 6) is -55.2. The number of hydrogen-bond acceptors (Lipinski definition) is 4. The Morgan fingerprint density at radius 2 is 1.02 bits per heavy atom. The summed E-state index contributed by atoms with van der Waals surface area (Å²) in [5, 5.41) is -7.74. The van der Waals surface area contributed by atoms with E-state index in [9.17, 15) is 87.8 Å². The van der Waals surface area contributed by atoms with Crippen LogP contribution in [0.2, 0.25) is 0 Å². The predicted octanol–water partition coefficient (Wildman–Crippen LogP) is 7.57. The fourth-order valence-corrected chi connectivity index (χ4v) is 9.07. The van der Waals surface area contributed by atoms with Gasteiger partial charge in [-0.2, -0.15) is 83.1 Å². The van der Waals surface area contributed by atoms with Gasteiger partial charge in [-0.1, -0.05) is 13.3 Å². The van der Waals surface area contributed by atoms with Gasteiger partial charge < -0.3 is 0 Å². The molecule has 1 rings (SSSR count). The maximum Gasteiger partial charge on any atom is 0.460 e. The molecule has 0 aliphatic carbocycles. The molecular weight excluding hydrogens is 667 g/mol. The molecule has 0 radical (unpaired) electrons. The Balaban J connectivity index is 3.63. The fourth-order valence-electron chi connectivity index (χ4n) is 3.35. The van der Waals surface area contributed by atoms with E-state index >= 15 is 0 Å². The van der Waals surface area contributed by atoms with Crippen LogP contribution < -0.4 is 0 Å². The molecule has 0 unspecified atom stereocenters. The largest absolute Gasteiger partial charge is 0.460 e. The molecule has 0 aromatic heterocycles. The van der Waals surface area contributed by atoms with Crippen LogP contribution in [-0.2, 0) is 18.5 Å². The first kappa shape index (κ1) is 37.8. The van der Waals surface area contributed by atoms with Crippen LogP contribution in [0.3, 0.4) is 0 Å². The van der Waals surface area contributed by atoms with Gasteiger partial charge in [-0.05, 0) is 19.3 Å². The van der Waals surface area contributed by atoms with Crippen molar-refractivity contribution in [2.24, 2.45) is 0 Å². The third-order valence-corrected chi connectivity index (χ3v) is 11.4. The minimum absolute atomic E-state index is 0.114. The van der Waals surface area contributed by atoms with Gasteiger partial charge in [0.1, 0.15) is 5.78 Å². The van der Waals surface area contributed by atoms with Gasteiger partial charge in [0.15, 0.2) is 0 Å². The summed E-state index contributed by atoms with van der Waals surface area (Å²) >= 11 is 0. The van der Waals surface area contributed by atoms with Gasteiger partial charge in [0, 0.05) is 17.9 Å². The van der Waals surface area contributed by atoms with Gasteiger partial charge in [-0.25, -0.2) is 3.63 Å². The number of unbranched alkanes of at least 4 members (excludes halogenated alkanes) is 1. The zero-order valence-electron chi connectivity index (χ0n) is 20.0. The number of carbonyl (C=O) groups excluding carboxylic acids is 1. The number of Topliss-reactive ketones (excluding diaryl/α,β-unsaturated/α-hetero) is 1. The summed E-state index contributed by atoms with van der Waals surface area (Å²) < 4.78 is 257. The lowest BCUT2D eigenvalue weighted by Crippen LogP contribution is -2.75. The van der Waals surface area contributed by atoms with E-state index in [1.54, 1.807) is 6.92 Å². The summed E-state index contributed by atoms with van der Waals surface area (Å²) in [4.78, 5) is 12.0. The molecule has 0 atom stereocenters. The molecule has 0 bridgehead atoms. The molecule has 1 aliphatic heterocycles. The molecule has 1 fully saturated rings. The van der Waals surface area contributed by atoms with Crippen molar-refractivity contribution < 1.29 is 91.5 Å². The standard InChI is InChI=1S/C18H19F17O4S2/c1-2-3-6-10(36)9-40(7-4-5-8-40)39-41(37,38)18(34,35)16(29,30)14(25,26)12(21,22)11(19,20)13(23,24)15(27,28)17(31,32)33/h2-9H2,1H3. The smallest absolute Gasteiger partial charge is 0.299 e. The van der Waals surface area contributed by atoms with Gasteiger partial charge in [0.2, 0.25) is 0 Å². The quantitative estimate of drug-likeness (QED) is 0.177. The maximum absolute atomic E-state index is 14.4. The SMILES string of the molecule is CCCCC(=O)CS1(OS(=O)(=O)C(F)(F)C(F)(F)C(F)(F)C(F)(F)C(F)(F)C(F)(F)C(F)(F)C(F)(F)F)CCCC1. The predicted molar refractivity (Wildman–Crippen MR) is 107 cm³/mol. The minimum Gasteiger partial charge on any atom is -0.299 e. The molecule has 1 aliphatic rings. The molecule has 0 aromatic carbocycles.